The Bertz CT molecular complexity index is 1300. The number of urea groups is 1. The van der Waals surface area contributed by atoms with E-state index >= 15 is 0 Å². The molecule has 4 atom stereocenters. The summed E-state index contributed by atoms with van der Waals surface area (Å²) in [6, 6.07) is 2.19. The van der Waals surface area contributed by atoms with E-state index in [2.05, 4.69) is 20.6 Å². The van der Waals surface area contributed by atoms with Crippen LogP contribution in [0.1, 0.15) is 34.3 Å². The summed E-state index contributed by atoms with van der Waals surface area (Å²) in [4.78, 5) is 49.7. The van der Waals surface area contributed by atoms with Gasteiger partial charge in [0.1, 0.15) is 18.6 Å². The van der Waals surface area contributed by atoms with E-state index in [0.717, 1.165) is 41.7 Å². The molecule has 0 radical (unpaired) electrons. The van der Waals surface area contributed by atoms with Gasteiger partial charge in [0, 0.05) is 12.6 Å². The van der Waals surface area contributed by atoms with Gasteiger partial charge < -0.3 is 26.2 Å². The first kappa shape index (κ1) is 24.4. The van der Waals surface area contributed by atoms with Gasteiger partial charge in [0.2, 0.25) is 11.7 Å². The molecule has 4 aliphatic heterocycles. The zero-order valence-electron chi connectivity index (χ0n) is 21.0. The number of carbonyl (C=O) groups is 3. The number of hydrogen-bond donors (Lipinski definition) is 7. The lowest BCUT2D eigenvalue weighted by Crippen LogP contribution is -2.90. The van der Waals surface area contributed by atoms with E-state index in [-0.39, 0.29) is 31.6 Å². The van der Waals surface area contributed by atoms with Crippen molar-refractivity contribution in [1.29, 1.82) is 0 Å². The summed E-state index contributed by atoms with van der Waals surface area (Å²) in [7, 11) is 1.52. The maximum absolute atomic E-state index is 13.4. The molecule has 4 heterocycles. The zero-order chi connectivity index (χ0) is 27.0. The van der Waals surface area contributed by atoms with E-state index in [9.17, 15) is 24.6 Å². The minimum absolute atomic E-state index is 0.0380. The monoisotopic (exact) mass is 526 g/mol. The molecule has 202 valence electrons. The van der Waals surface area contributed by atoms with Crippen LogP contribution in [0, 0.1) is 0 Å². The Hall–Kier alpha value is -3.91. The van der Waals surface area contributed by atoms with E-state index in [1.165, 1.54) is 16.8 Å². The number of rotatable bonds is 4. The lowest BCUT2D eigenvalue weighted by molar-refractivity contribution is -0.521. The first-order valence-electron chi connectivity index (χ1n) is 12.7. The summed E-state index contributed by atoms with van der Waals surface area (Å²) in [5.41, 5.74) is 13.3. The number of nitrogens with one attached hydrogen (secondary N) is 3. The highest BCUT2D eigenvalue weighted by molar-refractivity contribution is 6.02. The summed E-state index contributed by atoms with van der Waals surface area (Å²) in [6.07, 6.45) is 3.74. The topological polar surface area (TPSA) is 204 Å². The fourth-order valence-electron chi connectivity index (χ4n) is 6.59. The van der Waals surface area contributed by atoms with Crippen molar-refractivity contribution in [2.75, 3.05) is 26.7 Å². The fourth-order valence-corrected chi connectivity index (χ4v) is 6.59. The van der Waals surface area contributed by atoms with E-state index in [0.29, 0.717) is 5.56 Å². The Morgan fingerprint density at radius 2 is 2.03 bits per heavy atom. The number of imide groups is 1. The third kappa shape index (κ3) is 3.29. The van der Waals surface area contributed by atoms with Crippen molar-refractivity contribution >= 4 is 29.8 Å². The van der Waals surface area contributed by atoms with Crippen molar-refractivity contribution in [3.8, 4) is 0 Å². The van der Waals surface area contributed by atoms with Crippen LogP contribution in [0.5, 0.6) is 0 Å². The molecule has 14 nitrogen and oxygen atoms in total. The second kappa shape index (κ2) is 8.30. The number of nitrogens with zero attached hydrogens (tertiary/aromatic N) is 4. The van der Waals surface area contributed by atoms with Gasteiger partial charge >= 0.3 is 12.0 Å². The van der Waals surface area contributed by atoms with Crippen LogP contribution in [0.15, 0.2) is 23.2 Å². The average Bonchev–Trinajstić information content (AvgIpc) is 3.44. The highest BCUT2D eigenvalue weighted by Gasteiger charge is 2.76. The van der Waals surface area contributed by atoms with Gasteiger partial charge in [0.25, 0.3) is 11.6 Å². The molecule has 2 fully saturated rings. The van der Waals surface area contributed by atoms with E-state index in [4.69, 9.17) is 11.5 Å². The van der Waals surface area contributed by atoms with E-state index in [1.807, 2.05) is 12.1 Å². The Labute approximate surface area is 218 Å². The van der Waals surface area contributed by atoms with Crippen LogP contribution < -0.4 is 27.1 Å². The molecule has 0 unspecified atom stereocenters. The predicted octanol–water partition coefficient (Wildman–Crippen LogP) is -4.69. The Balaban J connectivity index is 1.31. The number of benzene rings is 1. The summed E-state index contributed by atoms with van der Waals surface area (Å²) >= 11 is 0. The van der Waals surface area contributed by atoms with Crippen molar-refractivity contribution < 1.29 is 29.6 Å². The second-order valence-corrected chi connectivity index (χ2v) is 10.6. The van der Waals surface area contributed by atoms with Crippen LogP contribution in [-0.4, -0.2) is 111 Å². The highest BCUT2D eigenvalue weighted by atomic mass is 16.5. The molecule has 6 rings (SSSR count). The zero-order valence-corrected chi connectivity index (χ0v) is 21.0. The predicted molar refractivity (Wildman–Crippen MR) is 133 cm³/mol. The number of aliphatic imine (C=N–C) groups is 1. The van der Waals surface area contributed by atoms with E-state index in [1.54, 1.807) is 6.07 Å². The summed E-state index contributed by atoms with van der Waals surface area (Å²) in [5, 5.41) is 29.1. The number of carbonyl (C=O) groups excluding carboxylic acids is 3. The summed E-state index contributed by atoms with van der Waals surface area (Å²) < 4.78 is 0. The highest BCUT2D eigenvalue weighted by Crippen LogP contribution is 2.41. The molecule has 9 N–H and O–H groups in total. The van der Waals surface area contributed by atoms with Crippen LogP contribution in [0.2, 0.25) is 0 Å². The molecule has 0 aromatic heterocycles. The van der Waals surface area contributed by atoms with Crippen LogP contribution in [0.3, 0.4) is 0 Å². The van der Waals surface area contributed by atoms with Crippen molar-refractivity contribution in [1.82, 2.24) is 25.3 Å². The Kier molecular flexibility index (Phi) is 5.33. The minimum Gasteiger partial charge on any atom is -0.370 e. The van der Waals surface area contributed by atoms with Gasteiger partial charge in [-0.2, -0.15) is 0 Å². The number of guanidine groups is 2. The molecule has 1 aliphatic carbocycles. The third-order valence-corrected chi connectivity index (χ3v) is 8.43. The smallest absolute Gasteiger partial charge is 0.343 e. The first-order chi connectivity index (χ1) is 18.0. The molecule has 0 bridgehead atoms. The van der Waals surface area contributed by atoms with Gasteiger partial charge in [0.15, 0.2) is 12.0 Å². The first-order valence-corrected chi connectivity index (χ1v) is 12.7. The average molecular weight is 527 g/mol. The molecule has 0 saturated carbocycles. The molecule has 38 heavy (non-hydrogen) atoms. The molecule has 1 aromatic rings. The number of hydrogen-bond acceptors (Lipinski definition) is 10. The van der Waals surface area contributed by atoms with Crippen molar-refractivity contribution in [2.24, 2.45) is 16.5 Å². The van der Waals surface area contributed by atoms with Gasteiger partial charge in [-0.3, -0.25) is 30.1 Å². The third-order valence-electron chi connectivity index (χ3n) is 8.43. The number of nitrogens with two attached hydrogens (primary N) is 2. The molecule has 1 aromatic carbocycles. The van der Waals surface area contributed by atoms with Crippen LogP contribution in [0.4, 0.5) is 4.79 Å². The van der Waals surface area contributed by atoms with Gasteiger partial charge in [-0.15, -0.1) is 0 Å². The quantitative estimate of drug-likeness (QED) is 0.149. The number of likely N-dealkylation sites (N-methyl/N-ethyl adjacent to an activating group) is 1. The molecule has 4 amide bonds. The lowest BCUT2D eigenvalue weighted by Gasteiger charge is -2.46. The Morgan fingerprint density at radius 1 is 1.26 bits per heavy atom. The van der Waals surface area contributed by atoms with E-state index < -0.39 is 47.4 Å². The van der Waals surface area contributed by atoms with Gasteiger partial charge in [-0.25, -0.2) is 15.1 Å². The SMILES string of the molecule is CN1CC(=O)N(C[C@@H]2N=C(N)N3C[C@H](NC(=O)c4cccc5c4CCCC5)C(O)(O)[C@@]34NC(N)=[NH+][C@@H]24)C1=O. The largest absolute Gasteiger partial charge is 0.370 e. The van der Waals surface area contributed by atoms with Gasteiger partial charge in [-0.1, -0.05) is 12.1 Å². The van der Waals surface area contributed by atoms with Crippen LogP contribution in [-0.2, 0) is 17.6 Å². The molecule has 2 saturated heterocycles. The van der Waals surface area contributed by atoms with Gasteiger partial charge in [-0.05, 0) is 42.9 Å². The minimum atomic E-state index is -2.58. The molecule has 14 heteroatoms. The fraction of sp³-hybridized carbons (Fsp3) is 0.542. The van der Waals surface area contributed by atoms with Crippen molar-refractivity contribution in [2.45, 2.75) is 55.3 Å². The normalized spacial score (nSPS) is 31.3. The van der Waals surface area contributed by atoms with Gasteiger partial charge in [0.05, 0.1) is 13.1 Å². The maximum Gasteiger partial charge on any atom is 0.343 e. The molecular formula is C24H32N9O5+. The summed E-state index contributed by atoms with van der Waals surface area (Å²) in [5.74, 6) is -3.38. The standard InChI is InChI=1S/C24H31N9O5/c1-31-11-17(34)32(22(31)36)9-15-18-23(30-20(25)29-18)24(37,38)16(10-33(23)21(26)27-15)28-19(35)14-8-4-6-12-5-2-3-7-13(12)14/h4,6,8,15-16,18,37-38H,2-3,5,7,9-11H2,1H3,(H2,26,27)(H,28,35)(H3,25,29,30)/p+1/t15-,16-,18-,23-/m0/s1. The maximum atomic E-state index is 13.4. The van der Waals surface area contributed by atoms with Crippen molar-refractivity contribution in [3.05, 3.63) is 34.9 Å². The number of aryl methyl sites for hydroxylation is 1. The molecular weight excluding hydrogens is 494 g/mol. The Morgan fingerprint density at radius 3 is 2.76 bits per heavy atom. The van der Waals surface area contributed by atoms with Crippen molar-refractivity contribution in [3.63, 3.8) is 0 Å². The van der Waals surface area contributed by atoms with Crippen LogP contribution in [0.25, 0.3) is 0 Å². The number of amides is 4. The molecule has 5 aliphatic rings. The van der Waals surface area contributed by atoms with Crippen LogP contribution >= 0.6 is 0 Å². The lowest BCUT2D eigenvalue weighted by atomic mass is 9.84. The summed E-state index contributed by atoms with van der Waals surface area (Å²) in [6.45, 7) is -0.277. The second-order valence-electron chi connectivity index (χ2n) is 10.6. The molecule has 1 spiro atoms. The number of fused-ring (bicyclic) bond motifs is 1. The number of aliphatic hydroxyl groups is 2.